The quantitative estimate of drug-likeness (QED) is 0.814. The van der Waals surface area contributed by atoms with Crippen LogP contribution in [0.4, 0.5) is 13.2 Å². The molecule has 1 aromatic rings. The largest absolute Gasteiger partial charge is 0.325 e. The second kappa shape index (κ2) is 4.69. The third kappa shape index (κ3) is 2.84. The zero-order valence-corrected chi connectivity index (χ0v) is 9.03. The Balaban J connectivity index is 2.94. The molecule has 1 unspecified atom stereocenters. The van der Waals surface area contributed by atoms with E-state index in [1.54, 1.807) is 0 Å². The highest BCUT2D eigenvalue weighted by Crippen LogP contribution is 2.12. The summed E-state index contributed by atoms with van der Waals surface area (Å²) < 4.78 is 60.1. The molecule has 0 radical (unpaired) electrons. The van der Waals surface area contributed by atoms with E-state index in [0.717, 1.165) is 0 Å². The summed E-state index contributed by atoms with van der Waals surface area (Å²) in [4.78, 5) is 3.52. The zero-order valence-electron chi connectivity index (χ0n) is 8.22. The summed E-state index contributed by atoms with van der Waals surface area (Å²) in [7, 11) is -2.55. The highest BCUT2D eigenvalue weighted by atomic mass is 32.2. The van der Waals surface area contributed by atoms with E-state index >= 15 is 0 Å². The van der Waals surface area contributed by atoms with Crippen molar-refractivity contribution in [3.05, 3.63) is 23.9 Å². The zero-order chi connectivity index (χ0) is 12.3. The molecular formula is C8H9F3N2O2S. The summed E-state index contributed by atoms with van der Waals surface area (Å²) >= 11 is 0. The van der Waals surface area contributed by atoms with Gasteiger partial charge in [0.2, 0.25) is 15.0 Å². The van der Waals surface area contributed by atoms with Crippen molar-refractivity contribution in [2.45, 2.75) is 17.8 Å². The minimum atomic E-state index is -3.98. The predicted molar refractivity (Wildman–Crippen MR) is 50.4 cm³/mol. The molecule has 0 aliphatic heterocycles. The molecular weight excluding hydrogens is 245 g/mol. The highest BCUT2D eigenvalue weighted by molar-refractivity contribution is 7.94. The molecule has 0 bridgehead atoms. The van der Waals surface area contributed by atoms with Crippen LogP contribution >= 0.6 is 0 Å². The number of hydrogen-bond donors (Lipinski definition) is 0. The molecule has 0 saturated heterocycles. The molecule has 1 rings (SSSR count). The lowest BCUT2D eigenvalue weighted by Crippen LogP contribution is -2.10. The van der Waals surface area contributed by atoms with Gasteiger partial charge in [0.1, 0.15) is 0 Å². The smallest absolute Gasteiger partial charge is 0.272 e. The van der Waals surface area contributed by atoms with E-state index in [1.807, 2.05) is 0 Å². The van der Waals surface area contributed by atoms with E-state index in [2.05, 4.69) is 4.98 Å². The Hall–Kier alpha value is -1.31. The Morgan fingerprint density at radius 1 is 1.44 bits per heavy atom. The molecule has 0 amide bonds. The maximum Gasteiger partial charge on any atom is 0.272 e. The van der Waals surface area contributed by atoms with Crippen molar-refractivity contribution >= 4 is 9.84 Å². The highest BCUT2D eigenvalue weighted by Gasteiger charge is 2.20. The molecule has 1 aromatic heterocycles. The van der Waals surface area contributed by atoms with Crippen molar-refractivity contribution < 1.29 is 21.6 Å². The number of nitrogens with zero attached hydrogens (tertiary/aromatic N) is 2. The first-order chi connectivity index (χ1) is 7.34. The summed E-state index contributed by atoms with van der Waals surface area (Å²) in [6, 6.07) is 0. The lowest BCUT2D eigenvalue weighted by atomic mass is 10.4. The van der Waals surface area contributed by atoms with E-state index in [0.29, 0.717) is 11.5 Å². The van der Waals surface area contributed by atoms with Crippen LogP contribution in [0.3, 0.4) is 0 Å². The van der Waals surface area contributed by atoms with Gasteiger partial charge in [0.15, 0.2) is 6.17 Å². The number of imidazole rings is 1. The van der Waals surface area contributed by atoms with Gasteiger partial charge in [0.05, 0.1) is 0 Å². The van der Waals surface area contributed by atoms with Crippen molar-refractivity contribution in [1.29, 1.82) is 0 Å². The third-order valence-corrected chi connectivity index (χ3v) is 3.13. The van der Waals surface area contributed by atoms with Gasteiger partial charge in [-0.05, 0) is 6.08 Å². The first kappa shape index (κ1) is 12.8. The van der Waals surface area contributed by atoms with Gasteiger partial charge in [0.25, 0.3) is 6.43 Å². The minimum absolute atomic E-state index is 0.300. The van der Waals surface area contributed by atoms with Crippen molar-refractivity contribution in [2.75, 3.05) is 0 Å². The minimum Gasteiger partial charge on any atom is -0.325 e. The Labute approximate surface area is 90.3 Å². The van der Waals surface area contributed by atoms with Crippen LogP contribution in [-0.2, 0) is 16.9 Å². The number of hydrogen-bond acceptors (Lipinski definition) is 3. The monoisotopic (exact) mass is 254 g/mol. The molecule has 4 nitrogen and oxygen atoms in total. The van der Waals surface area contributed by atoms with Gasteiger partial charge in [-0.15, -0.1) is 0 Å². The maximum absolute atomic E-state index is 12.5. The average molecular weight is 254 g/mol. The van der Waals surface area contributed by atoms with Crippen LogP contribution in [0.2, 0.25) is 0 Å². The summed E-state index contributed by atoms with van der Waals surface area (Å²) in [5.74, 6) is 0. The molecule has 0 aromatic carbocycles. The molecule has 1 heterocycles. The molecule has 1 atom stereocenters. The fourth-order valence-electron chi connectivity index (χ4n) is 0.949. The molecule has 0 saturated carbocycles. The number of alkyl halides is 3. The van der Waals surface area contributed by atoms with Crippen LogP contribution in [0.5, 0.6) is 0 Å². The van der Waals surface area contributed by atoms with E-state index in [4.69, 9.17) is 0 Å². The van der Waals surface area contributed by atoms with Crippen LogP contribution in [0.25, 0.3) is 0 Å². The van der Waals surface area contributed by atoms with Crippen LogP contribution < -0.4 is 0 Å². The summed E-state index contributed by atoms with van der Waals surface area (Å²) in [5, 5.41) is 0.0665. The Morgan fingerprint density at radius 3 is 2.50 bits per heavy atom. The maximum atomic E-state index is 12.5. The van der Waals surface area contributed by atoms with Crippen molar-refractivity contribution in [3.63, 3.8) is 0 Å². The van der Waals surface area contributed by atoms with Gasteiger partial charge < -0.3 is 4.57 Å². The first-order valence-corrected chi connectivity index (χ1v) is 5.72. The molecule has 0 N–H and O–H groups in total. The Bertz CT molecular complexity index is 481. The summed E-state index contributed by atoms with van der Waals surface area (Å²) in [5.41, 5.74) is 0. The first-order valence-electron chi connectivity index (χ1n) is 4.17. The molecule has 0 aliphatic rings. The second-order valence-corrected chi connectivity index (χ2v) is 4.70. The van der Waals surface area contributed by atoms with Gasteiger partial charge >= 0.3 is 0 Å². The molecule has 8 heteroatoms. The number of allylic oxidation sites excluding steroid dienone is 1. The number of halogens is 3. The van der Waals surface area contributed by atoms with Crippen molar-refractivity contribution in [2.24, 2.45) is 7.05 Å². The summed E-state index contributed by atoms with van der Waals surface area (Å²) in [6.45, 7) is 0. The third-order valence-electron chi connectivity index (χ3n) is 1.71. The van der Waals surface area contributed by atoms with E-state index < -0.39 is 22.4 Å². The van der Waals surface area contributed by atoms with E-state index in [9.17, 15) is 21.6 Å². The normalized spacial score (nSPS) is 14.8. The lowest BCUT2D eigenvalue weighted by Gasteiger charge is -2.01. The fraction of sp³-hybridized carbons (Fsp3) is 0.375. The van der Waals surface area contributed by atoms with Crippen molar-refractivity contribution in [1.82, 2.24) is 9.55 Å². The van der Waals surface area contributed by atoms with E-state index in [1.165, 1.54) is 24.0 Å². The van der Waals surface area contributed by atoms with Crippen LogP contribution in [0, 0.1) is 0 Å². The Kier molecular flexibility index (Phi) is 3.74. The standard InChI is InChI=1S/C8H9F3N2O2S/c1-13-4-3-12-8(13)16(14,15)5-2-6(9)7(10)11/h2-7H,1H3/b5-2+. The molecule has 0 aliphatic carbocycles. The van der Waals surface area contributed by atoms with Crippen LogP contribution in [-0.4, -0.2) is 30.6 Å². The molecule has 16 heavy (non-hydrogen) atoms. The number of rotatable bonds is 4. The van der Waals surface area contributed by atoms with E-state index in [-0.39, 0.29) is 5.16 Å². The van der Waals surface area contributed by atoms with Gasteiger partial charge in [-0.25, -0.2) is 26.6 Å². The fourth-order valence-corrected chi connectivity index (χ4v) is 2.10. The Morgan fingerprint density at radius 2 is 2.06 bits per heavy atom. The van der Waals surface area contributed by atoms with Gasteiger partial charge in [-0.1, -0.05) is 0 Å². The SMILES string of the molecule is Cn1ccnc1S(=O)(=O)/C=C/C(F)C(F)F. The van der Waals surface area contributed by atoms with Gasteiger partial charge in [0, 0.05) is 24.8 Å². The molecule has 0 fully saturated rings. The van der Waals surface area contributed by atoms with Crippen LogP contribution in [0.1, 0.15) is 0 Å². The average Bonchev–Trinajstić information content (AvgIpc) is 2.61. The number of sulfone groups is 1. The lowest BCUT2D eigenvalue weighted by molar-refractivity contribution is 0.0751. The van der Waals surface area contributed by atoms with Crippen LogP contribution in [0.15, 0.2) is 29.0 Å². The van der Waals surface area contributed by atoms with Crippen molar-refractivity contribution in [3.8, 4) is 0 Å². The number of aryl methyl sites for hydroxylation is 1. The second-order valence-electron chi connectivity index (χ2n) is 2.97. The topological polar surface area (TPSA) is 52.0 Å². The molecule has 0 spiro atoms. The van der Waals surface area contributed by atoms with Gasteiger partial charge in [-0.2, -0.15) is 0 Å². The van der Waals surface area contributed by atoms with Gasteiger partial charge in [-0.3, -0.25) is 0 Å². The summed E-state index contributed by atoms with van der Waals surface area (Å²) in [6.07, 6.45) is -2.93. The predicted octanol–water partition coefficient (Wildman–Crippen LogP) is 1.31. The molecule has 90 valence electrons. The number of aromatic nitrogens is 2.